The van der Waals surface area contributed by atoms with Gasteiger partial charge in [0.1, 0.15) is 6.33 Å². The van der Waals surface area contributed by atoms with Gasteiger partial charge in [-0.1, -0.05) is 0 Å². The van der Waals surface area contributed by atoms with Crippen LogP contribution >= 0.6 is 0 Å². The van der Waals surface area contributed by atoms with Crippen LogP contribution in [0, 0.1) is 0 Å². The summed E-state index contributed by atoms with van der Waals surface area (Å²) >= 11 is 0. The number of anilines is 1. The zero-order valence-electron chi connectivity index (χ0n) is 6.02. The van der Waals surface area contributed by atoms with E-state index in [4.69, 9.17) is 5.73 Å². The Hall–Kier alpha value is -1.98. The fourth-order valence-corrected chi connectivity index (χ4v) is 0.556. The lowest BCUT2D eigenvalue weighted by Gasteiger charge is -1.98. The number of hydrogen-bond donors (Lipinski definition) is 2. The molecule has 62 valence electrons. The summed E-state index contributed by atoms with van der Waals surface area (Å²) in [6.45, 7) is 0. The predicted octanol–water partition coefficient (Wildman–Crippen LogP) is -1.10. The van der Waals surface area contributed by atoms with Gasteiger partial charge in [0.05, 0.1) is 18.1 Å². The number of carbonyl (C=O) groups excluding carboxylic acids is 2. The van der Waals surface area contributed by atoms with Crippen LogP contribution in [0.25, 0.3) is 0 Å². The maximum absolute atomic E-state index is 10.7. The molecule has 3 N–H and O–H groups in total. The van der Waals surface area contributed by atoms with Crippen molar-refractivity contribution in [3.05, 3.63) is 18.7 Å². The van der Waals surface area contributed by atoms with Crippen molar-refractivity contribution in [3.8, 4) is 0 Å². The Morgan fingerprint density at radius 3 is 2.42 bits per heavy atom. The van der Waals surface area contributed by atoms with Crippen molar-refractivity contribution in [2.75, 3.05) is 5.32 Å². The van der Waals surface area contributed by atoms with Gasteiger partial charge in [0.15, 0.2) is 0 Å². The van der Waals surface area contributed by atoms with Crippen molar-refractivity contribution < 1.29 is 9.59 Å². The summed E-state index contributed by atoms with van der Waals surface area (Å²) in [5.41, 5.74) is 5.03. The molecule has 1 aromatic heterocycles. The van der Waals surface area contributed by atoms with Crippen LogP contribution in [0.3, 0.4) is 0 Å². The summed E-state index contributed by atoms with van der Waals surface area (Å²) in [5, 5.41) is 2.20. The third kappa shape index (κ3) is 2.01. The Kier molecular flexibility index (Phi) is 2.32. The second-order valence-corrected chi connectivity index (χ2v) is 1.95. The predicted molar refractivity (Wildman–Crippen MR) is 39.9 cm³/mol. The average Bonchev–Trinajstić information content (AvgIpc) is 2.06. The lowest BCUT2D eigenvalue weighted by molar-refractivity contribution is -0.134. The first-order valence-corrected chi connectivity index (χ1v) is 3.06. The lowest BCUT2D eigenvalue weighted by Crippen LogP contribution is -2.29. The number of carbonyl (C=O) groups is 2. The van der Waals surface area contributed by atoms with Crippen molar-refractivity contribution in [2.45, 2.75) is 0 Å². The molecule has 1 rings (SSSR count). The molecule has 0 fully saturated rings. The smallest absolute Gasteiger partial charge is 0.313 e. The minimum atomic E-state index is -1.04. The molecule has 2 amide bonds. The molecular formula is C6H6N4O2. The summed E-state index contributed by atoms with van der Waals surface area (Å²) < 4.78 is 0. The van der Waals surface area contributed by atoms with Crippen LogP contribution in [0.4, 0.5) is 5.69 Å². The second kappa shape index (κ2) is 3.42. The van der Waals surface area contributed by atoms with E-state index in [1.807, 2.05) is 0 Å². The third-order valence-electron chi connectivity index (χ3n) is 1.04. The average molecular weight is 166 g/mol. The number of nitrogens with one attached hydrogen (secondary N) is 1. The fraction of sp³-hybridized carbons (Fsp3) is 0. The molecule has 0 saturated carbocycles. The van der Waals surface area contributed by atoms with E-state index in [1.165, 1.54) is 18.7 Å². The van der Waals surface area contributed by atoms with Crippen LogP contribution < -0.4 is 11.1 Å². The molecule has 0 aliphatic rings. The maximum atomic E-state index is 10.7. The van der Waals surface area contributed by atoms with E-state index in [2.05, 4.69) is 15.3 Å². The first-order chi connectivity index (χ1) is 5.70. The molecule has 12 heavy (non-hydrogen) atoms. The topological polar surface area (TPSA) is 98.0 Å². The minimum Gasteiger partial charge on any atom is -0.361 e. The van der Waals surface area contributed by atoms with Gasteiger partial charge >= 0.3 is 11.8 Å². The van der Waals surface area contributed by atoms with Crippen molar-refractivity contribution in [1.29, 1.82) is 0 Å². The molecule has 0 unspecified atom stereocenters. The van der Waals surface area contributed by atoms with Crippen molar-refractivity contribution >= 4 is 17.5 Å². The van der Waals surface area contributed by atoms with Gasteiger partial charge in [-0.05, 0) is 0 Å². The molecule has 0 saturated heterocycles. The van der Waals surface area contributed by atoms with Crippen LogP contribution in [0.15, 0.2) is 18.7 Å². The van der Waals surface area contributed by atoms with Gasteiger partial charge < -0.3 is 11.1 Å². The second-order valence-electron chi connectivity index (χ2n) is 1.95. The quantitative estimate of drug-likeness (QED) is 0.517. The number of aromatic nitrogens is 2. The Bertz CT molecular complexity index is 298. The first kappa shape index (κ1) is 8.12. The van der Waals surface area contributed by atoms with Crippen LogP contribution in [-0.4, -0.2) is 21.8 Å². The van der Waals surface area contributed by atoms with E-state index >= 15 is 0 Å². The normalized spacial score (nSPS) is 9.00. The number of nitrogens with two attached hydrogens (primary N) is 1. The van der Waals surface area contributed by atoms with Crippen molar-refractivity contribution in [3.63, 3.8) is 0 Å². The molecule has 6 heteroatoms. The minimum absolute atomic E-state index is 0.335. The molecule has 6 nitrogen and oxygen atoms in total. The van der Waals surface area contributed by atoms with Gasteiger partial charge in [0.2, 0.25) is 0 Å². The maximum Gasteiger partial charge on any atom is 0.313 e. The Morgan fingerprint density at radius 2 is 1.92 bits per heavy atom. The van der Waals surface area contributed by atoms with Gasteiger partial charge in [-0.3, -0.25) is 9.59 Å². The monoisotopic (exact) mass is 166 g/mol. The van der Waals surface area contributed by atoms with Gasteiger partial charge in [0, 0.05) is 0 Å². The van der Waals surface area contributed by atoms with Crippen LogP contribution in [-0.2, 0) is 9.59 Å². The van der Waals surface area contributed by atoms with Gasteiger partial charge in [-0.25, -0.2) is 9.97 Å². The summed E-state index contributed by atoms with van der Waals surface area (Å²) in [6, 6.07) is 0. The number of hydrogen-bond acceptors (Lipinski definition) is 4. The molecule has 1 heterocycles. The number of primary amides is 1. The summed E-state index contributed by atoms with van der Waals surface area (Å²) in [7, 11) is 0. The largest absolute Gasteiger partial charge is 0.361 e. The molecule has 0 bridgehead atoms. The molecule has 0 aliphatic carbocycles. The zero-order valence-corrected chi connectivity index (χ0v) is 6.02. The number of rotatable bonds is 1. The van der Waals surface area contributed by atoms with Gasteiger partial charge in [0.25, 0.3) is 0 Å². The van der Waals surface area contributed by atoms with Crippen LogP contribution in [0.1, 0.15) is 0 Å². The first-order valence-electron chi connectivity index (χ1n) is 3.06. The van der Waals surface area contributed by atoms with Crippen molar-refractivity contribution in [2.24, 2.45) is 5.73 Å². The fourth-order valence-electron chi connectivity index (χ4n) is 0.556. The number of amides is 2. The molecule has 0 atom stereocenters. The highest BCUT2D eigenvalue weighted by molar-refractivity contribution is 6.39. The Balaban J connectivity index is 2.65. The number of nitrogens with zero attached hydrogens (tertiary/aromatic N) is 2. The van der Waals surface area contributed by atoms with E-state index in [0.29, 0.717) is 5.69 Å². The van der Waals surface area contributed by atoms with Crippen LogP contribution in [0.2, 0.25) is 0 Å². The standard InChI is InChI=1S/C6H6N4O2/c7-5(11)6(12)10-4-1-8-3-9-2-4/h1-3H,(H2,7,11)(H,10,12). The van der Waals surface area contributed by atoms with Crippen LogP contribution in [0.5, 0.6) is 0 Å². The summed E-state index contributed by atoms with van der Waals surface area (Å²) in [4.78, 5) is 28.2. The highest BCUT2D eigenvalue weighted by atomic mass is 16.2. The van der Waals surface area contributed by atoms with Crippen molar-refractivity contribution in [1.82, 2.24) is 9.97 Å². The SMILES string of the molecule is NC(=O)C(=O)Nc1cncnc1. The van der Waals surface area contributed by atoms with E-state index in [0.717, 1.165) is 0 Å². The van der Waals surface area contributed by atoms with Gasteiger partial charge in [-0.2, -0.15) is 0 Å². The third-order valence-corrected chi connectivity index (χ3v) is 1.04. The summed E-state index contributed by atoms with van der Waals surface area (Å²) in [5.74, 6) is -1.93. The molecule has 0 spiro atoms. The van der Waals surface area contributed by atoms with Gasteiger partial charge in [-0.15, -0.1) is 0 Å². The highest BCUT2D eigenvalue weighted by Gasteiger charge is 2.07. The zero-order chi connectivity index (χ0) is 8.97. The van der Waals surface area contributed by atoms with E-state index in [9.17, 15) is 9.59 Å². The molecule has 0 aliphatic heterocycles. The Labute approximate surface area is 67.8 Å². The van der Waals surface area contributed by atoms with E-state index in [-0.39, 0.29) is 0 Å². The molecule has 1 aromatic rings. The Morgan fingerprint density at radius 1 is 1.33 bits per heavy atom. The van der Waals surface area contributed by atoms with E-state index < -0.39 is 11.8 Å². The molecule has 0 radical (unpaired) electrons. The highest BCUT2D eigenvalue weighted by Crippen LogP contribution is 1.98. The van der Waals surface area contributed by atoms with E-state index in [1.54, 1.807) is 0 Å². The molecular weight excluding hydrogens is 160 g/mol. The summed E-state index contributed by atoms with van der Waals surface area (Å²) in [6.07, 6.45) is 4.02. The lowest BCUT2D eigenvalue weighted by atomic mass is 10.5. The molecule has 0 aromatic carbocycles.